The molecule has 1 aliphatic rings. The Morgan fingerprint density at radius 2 is 2.00 bits per heavy atom. The van der Waals surface area contributed by atoms with Crippen molar-refractivity contribution in [3.05, 3.63) is 12.2 Å². The summed E-state index contributed by atoms with van der Waals surface area (Å²) in [5, 5.41) is 13.0. The minimum absolute atomic E-state index is 0.101. The van der Waals surface area contributed by atoms with Crippen LogP contribution in [0.5, 0.6) is 0 Å². The summed E-state index contributed by atoms with van der Waals surface area (Å²) >= 11 is 0. The lowest BCUT2D eigenvalue weighted by molar-refractivity contribution is -0.130. The molecule has 10 nitrogen and oxygen atoms in total. The molecule has 0 spiro atoms. The second-order valence-electron chi connectivity index (χ2n) is 7.04. The Kier molecular flexibility index (Phi) is 10.4. The number of rotatable bonds is 5. The van der Waals surface area contributed by atoms with E-state index in [-0.39, 0.29) is 29.9 Å². The molecule has 0 aliphatic carbocycles. The van der Waals surface area contributed by atoms with Crippen molar-refractivity contribution in [2.75, 3.05) is 24.6 Å². The van der Waals surface area contributed by atoms with E-state index in [9.17, 15) is 23.4 Å². The third-order valence-electron chi connectivity index (χ3n) is 4.09. The van der Waals surface area contributed by atoms with Gasteiger partial charge in [0.25, 0.3) is 0 Å². The van der Waals surface area contributed by atoms with Gasteiger partial charge in [-0.25, -0.2) is 4.79 Å². The Morgan fingerprint density at radius 1 is 1.31 bits per heavy atom. The lowest BCUT2D eigenvalue weighted by atomic mass is 10.0. The molecule has 164 valence electrons. The van der Waals surface area contributed by atoms with Crippen molar-refractivity contribution in [1.82, 2.24) is 26.6 Å². The molecule has 1 aliphatic heterocycles. The van der Waals surface area contributed by atoms with Crippen molar-refractivity contribution in [3.63, 3.8) is 0 Å². The largest absolute Gasteiger partial charge is 0.352 e. The molecule has 0 aromatic heterocycles. The van der Waals surface area contributed by atoms with Gasteiger partial charge in [0.1, 0.15) is 12.1 Å². The summed E-state index contributed by atoms with van der Waals surface area (Å²) in [6, 6.07) is -2.84. The topological polar surface area (TPSA) is 146 Å². The molecule has 0 aromatic carbocycles. The molecule has 0 saturated carbocycles. The summed E-state index contributed by atoms with van der Waals surface area (Å²) in [5.74, 6) is -1.55. The second-order valence-corrected chi connectivity index (χ2v) is 8.67. The third-order valence-corrected chi connectivity index (χ3v) is 5.46. The standard InChI is InChI=1S/C18H31N5O5S/c1-5-19-18(27)23-15(11(2)3)17(26)22-13-10-29(28)9-8-20-14(24)7-6-12(4)21-16(13)25/h6-7,11-13,15H,5,8-10H2,1-4H3,(H,20,24)(H,21,25)(H,22,26)(H2,19,23,27)/b7-6+/t12-,13-,15-,29?/m0/s1. The van der Waals surface area contributed by atoms with E-state index in [2.05, 4.69) is 26.6 Å². The number of carbonyl (C=O) groups excluding carboxylic acids is 4. The van der Waals surface area contributed by atoms with Gasteiger partial charge >= 0.3 is 6.03 Å². The van der Waals surface area contributed by atoms with Crippen molar-refractivity contribution in [2.45, 2.75) is 45.8 Å². The smallest absolute Gasteiger partial charge is 0.315 e. The van der Waals surface area contributed by atoms with Gasteiger partial charge in [0.05, 0.1) is 5.75 Å². The number of carbonyl (C=O) groups is 4. The molecule has 0 saturated heterocycles. The lowest BCUT2D eigenvalue weighted by Gasteiger charge is -2.26. The van der Waals surface area contributed by atoms with Gasteiger partial charge in [-0.05, 0) is 19.8 Å². The van der Waals surface area contributed by atoms with Crippen molar-refractivity contribution in [2.24, 2.45) is 5.92 Å². The van der Waals surface area contributed by atoms with E-state index < -0.39 is 46.8 Å². The Morgan fingerprint density at radius 3 is 2.62 bits per heavy atom. The molecule has 0 fully saturated rings. The van der Waals surface area contributed by atoms with E-state index in [1.54, 1.807) is 27.7 Å². The molecule has 4 atom stereocenters. The predicted molar refractivity (Wildman–Crippen MR) is 110 cm³/mol. The highest BCUT2D eigenvalue weighted by Crippen LogP contribution is 2.04. The van der Waals surface area contributed by atoms with Crippen LogP contribution in [0, 0.1) is 5.92 Å². The van der Waals surface area contributed by atoms with E-state index in [0.717, 1.165) is 0 Å². The summed E-state index contributed by atoms with van der Waals surface area (Å²) in [6.07, 6.45) is 2.83. The zero-order valence-corrected chi connectivity index (χ0v) is 18.1. The van der Waals surface area contributed by atoms with Gasteiger partial charge in [0.2, 0.25) is 17.7 Å². The predicted octanol–water partition coefficient (Wildman–Crippen LogP) is -1.25. The summed E-state index contributed by atoms with van der Waals surface area (Å²) in [6.45, 7) is 7.57. The molecule has 1 heterocycles. The molecule has 0 aromatic rings. The minimum Gasteiger partial charge on any atom is -0.352 e. The highest BCUT2D eigenvalue weighted by atomic mass is 32.2. The zero-order chi connectivity index (χ0) is 22.0. The summed E-state index contributed by atoms with van der Waals surface area (Å²) in [4.78, 5) is 48.8. The first kappa shape index (κ1) is 24.6. The van der Waals surface area contributed by atoms with Crippen molar-refractivity contribution >= 4 is 34.6 Å². The van der Waals surface area contributed by atoms with Crippen molar-refractivity contribution in [1.29, 1.82) is 0 Å². The maximum atomic E-state index is 12.7. The zero-order valence-electron chi connectivity index (χ0n) is 17.2. The van der Waals surface area contributed by atoms with Crippen LogP contribution in [0.15, 0.2) is 12.2 Å². The van der Waals surface area contributed by atoms with E-state index >= 15 is 0 Å². The average molecular weight is 430 g/mol. The highest BCUT2D eigenvalue weighted by molar-refractivity contribution is 7.85. The monoisotopic (exact) mass is 429 g/mol. The molecule has 5 N–H and O–H groups in total. The van der Waals surface area contributed by atoms with Crippen LogP contribution < -0.4 is 26.6 Å². The van der Waals surface area contributed by atoms with Gasteiger partial charge in [0, 0.05) is 41.8 Å². The summed E-state index contributed by atoms with van der Waals surface area (Å²) in [5.41, 5.74) is 0. The molecular formula is C18H31N5O5S. The quantitative estimate of drug-likeness (QED) is 0.371. The molecule has 0 radical (unpaired) electrons. The highest BCUT2D eigenvalue weighted by Gasteiger charge is 2.30. The summed E-state index contributed by atoms with van der Waals surface area (Å²) in [7, 11) is -1.45. The first-order valence-corrected chi connectivity index (χ1v) is 11.1. The first-order chi connectivity index (χ1) is 13.6. The molecule has 11 heteroatoms. The van der Waals surface area contributed by atoms with Crippen molar-refractivity contribution < 1.29 is 23.4 Å². The molecular weight excluding hydrogens is 398 g/mol. The van der Waals surface area contributed by atoms with E-state index in [0.29, 0.717) is 6.54 Å². The fourth-order valence-corrected chi connectivity index (χ4v) is 3.66. The van der Waals surface area contributed by atoms with Crippen LogP contribution in [0.4, 0.5) is 4.79 Å². The van der Waals surface area contributed by atoms with Crippen LogP contribution in [0.25, 0.3) is 0 Å². The first-order valence-electron chi connectivity index (χ1n) is 9.60. The fraction of sp³-hybridized carbons (Fsp3) is 0.667. The van der Waals surface area contributed by atoms with Crippen molar-refractivity contribution in [3.8, 4) is 0 Å². The van der Waals surface area contributed by atoms with E-state index in [4.69, 9.17) is 0 Å². The number of hydrogen-bond donors (Lipinski definition) is 5. The van der Waals surface area contributed by atoms with Crippen LogP contribution in [0.1, 0.15) is 27.7 Å². The van der Waals surface area contributed by atoms with Crippen LogP contribution in [-0.2, 0) is 25.2 Å². The summed E-state index contributed by atoms with van der Waals surface area (Å²) < 4.78 is 12.3. The average Bonchev–Trinajstić information content (AvgIpc) is 2.63. The molecule has 5 amide bonds. The van der Waals surface area contributed by atoms with E-state index in [1.807, 2.05) is 0 Å². The maximum absolute atomic E-state index is 12.7. The maximum Gasteiger partial charge on any atom is 0.315 e. The Hall–Kier alpha value is -2.43. The van der Waals surface area contributed by atoms with Gasteiger partial charge in [-0.2, -0.15) is 0 Å². The number of amides is 5. The molecule has 29 heavy (non-hydrogen) atoms. The van der Waals surface area contributed by atoms with E-state index in [1.165, 1.54) is 12.2 Å². The van der Waals surface area contributed by atoms with Gasteiger partial charge in [-0.3, -0.25) is 18.6 Å². The van der Waals surface area contributed by atoms with Gasteiger partial charge in [-0.15, -0.1) is 0 Å². The van der Waals surface area contributed by atoms with Gasteiger partial charge < -0.3 is 26.6 Å². The van der Waals surface area contributed by atoms with Crippen LogP contribution >= 0.6 is 0 Å². The molecule has 1 unspecified atom stereocenters. The van der Waals surface area contributed by atoms with Crippen LogP contribution in [0.2, 0.25) is 0 Å². The lowest BCUT2D eigenvalue weighted by Crippen LogP contribution is -2.58. The van der Waals surface area contributed by atoms with Crippen LogP contribution in [-0.4, -0.2) is 70.7 Å². The fourth-order valence-electron chi connectivity index (χ4n) is 2.55. The Balaban J connectivity index is 2.94. The van der Waals surface area contributed by atoms with Crippen LogP contribution in [0.3, 0.4) is 0 Å². The second kappa shape index (κ2) is 12.2. The Labute approximate surface area is 173 Å². The minimum atomic E-state index is -1.45. The number of nitrogens with one attached hydrogen (secondary N) is 5. The Bertz CT molecular complexity index is 667. The molecule has 1 rings (SSSR count). The SMILES string of the molecule is CCNC(=O)N[C@H](C(=O)N[C@H]1CS(=O)CCNC(=O)/C=C/[C@H](C)NC1=O)C(C)C. The third kappa shape index (κ3) is 9.07. The normalized spacial score (nSPS) is 25.5. The number of hydrogen-bond acceptors (Lipinski definition) is 5. The number of urea groups is 1. The van der Waals surface area contributed by atoms with Gasteiger partial charge in [0.15, 0.2) is 0 Å². The van der Waals surface area contributed by atoms with Gasteiger partial charge in [-0.1, -0.05) is 19.9 Å². The molecule has 0 bridgehead atoms.